The number of hydrogen-bond acceptors (Lipinski definition) is 5. The number of esters is 1. The van der Waals surface area contributed by atoms with E-state index in [1.54, 1.807) is 18.5 Å². The third kappa shape index (κ3) is 3.53. The molecule has 0 spiro atoms. The lowest BCUT2D eigenvalue weighted by atomic mass is 9.90. The summed E-state index contributed by atoms with van der Waals surface area (Å²) in [6, 6.07) is 17.6. The molecule has 3 aromatic rings. The van der Waals surface area contributed by atoms with Crippen molar-refractivity contribution in [1.82, 2.24) is 14.5 Å². The fourth-order valence-electron chi connectivity index (χ4n) is 4.40. The van der Waals surface area contributed by atoms with Crippen molar-refractivity contribution in [3.8, 4) is 22.5 Å². The van der Waals surface area contributed by atoms with Gasteiger partial charge in [-0.25, -0.2) is 9.37 Å². The number of fused-ring (bicyclic) bond motifs is 3. The summed E-state index contributed by atoms with van der Waals surface area (Å²) in [5.74, 6) is 0.359. The Morgan fingerprint density at radius 2 is 1.67 bits per heavy atom. The van der Waals surface area contributed by atoms with Crippen molar-refractivity contribution in [2.45, 2.75) is 13.8 Å². The van der Waals surface area contributed by atoms with E-state index in [-0.39, 0.29) is 5.97 Å². The van der Waals surface area contributed by atoms with Gasteiger partial charge in [-0.2, -0.15) is 0 Å². The van der Waals surface area contributed by atoms with Gasteiger partial charge in [-0.05, 0) is 37.6 Å². The standard InChI is InChI=1S/C27H24N3O3/c1-4-30(5-2)17-10-11-20-24(14-17)33-25-16-23-22(28-12-13-29-23)15-21(25)26(20)18-8-6-7-9-19(18)27(31)32-3/h6-16H,4-5H2,1-3H3/q+1. The molecule has 0 bridgehead atoms. The predicted molar refractivity (Wildman–Crippen MR) is 129 cm³/mol. The molecule has 2 aliphatic rings. The smallest absolute Gasteiger partial charge is 0.338 e. The maximum Gasteiger partial charge on any atom is 0.338 e. The summed E-state index contributed by atoms with van der Waals surface area (Å²) in [4.78, 5) is 21.6. The van der Waals surface area contributed by atoms with Crippen molar-refractivity contribution in [3.05, 3.63) is 77.9 Å². The van der Waals surface area contributed by atoms with E-state index < -0.39 is 0 Å². The number of nitrogens with zero attached hydrogens (tertiary/aromatic N) is 3. The summed E-state index contributed by atoms with van der Waals surface area (Å²) in [5, 5.41) is 1.95. The lowest BCUT2D eigenvalue weighted by Gasteiger charge is -2.17. The lowest BCUT2D eigenvalue weighted by Crippen LogP contribution is -2.29. The minimum Gasteiger partial charge on any atom is -0.465 e. The Morgan fingerprint density at radius 1 is 0.939 bits per heavy atom. The Kier molecular flexibility index (Phi) is 5.34. The molecule has 5 rings (SSSR count). The van der Waals surface area contributed by atoms with Gasteiger partial charge in [-0.3, -0.25) is 9.97 Å². The molecule has 2 aromatic carbocycles. The number of ether oxygens (including phenoxy) is 1. The molecule has 2 heterocycles. The maximum atomic E-state index is 12.6. The molecule has 1 aliphatic heterocycles. The van der Waals surface area contributed by atoms with Crippen molar-refractivity contribution in [1.29, 1.82) is 0 Å². The van der Waals surface area contributed by atoms with E-state index in [0.717, 1.165) is 57.3 Å². The molecule has 33 heavy (non-hydrogen) atoms. The number of methoxy groups -OCH3 is 1. The summed E-state index contributed by atoms with van der Waals surface area (Å²) in [7, 11) is 1.40. The van der Waals surface area contributed by atoms with Crippen LogP contribution in [0.3, 0.4) is 0 Å². The Labute approximate surface area is 191 Å². The van der Waals surface area contributed by atoms with Gasteiger partial charge in [0.25, 0.3) is 0 Å². The van der Waals surface area contributed by atoms with E-state index in [1.807, 2.05) is 30.3 Å². The van der Waals surface area contributed by atoms with Crippen LogP contribution in [-0.2, 0) is 4.74 Å². The fourth-order valence-corrected chi connectivity index (χ4v) is 4.40. The molecule has 6 nitrogen and oxygen atoms in total. The van der Waals surface area contributed by atoms with Crippen LogP contribution in [0.2, 0.25) is 0 Å². The summed E-state index contributed by atoms with van der Waals surface area (Å²) < 4.78 is 13.8. The normalized spacial score (nSPS) is 11.2. The molecule has 0 unspecified atom stereocenters. The summed E-state index contributed by atoms with van der Waals surface area (Å²) in [5.41, 5.74) is 5.30. The van der Waals surface area contributed by atoms with Crippen molar-refractivity contribution in [2.75, 3.05) is 20.2 Å². The first-order valence-electron chi connectivity index (χ1n) is 11.0. The van der Waals surface area contributed by atoms with Crippen LogP contribution >= 0.6 is 0 Å². The van der Waals surface area contributed by atoms with E-state index in [9.17, 15) is 4.79 Å². The molecule has 0 N–H and O–H groups in total. The largest absolute Gasteiger partial charge is 0.465 e. The van der Waals surface area contributed by atoms with E-state index in [4.69, 9.17) is 9.15 Å². The third-order valence-corrected chi connectivity index (χ3v) is 6.02. The average Bonchev–Trinajstić information content (AvgIpc) is 2.86. The summed E-state index contributed by atoms with van der Waals surface area (Å²) >= 11 is 0. The van der Waals surface area contributed by atoms with Crippen molar-refractivity contribution in [3.63, 3.8) is 0 Å². The molecule has 0 fully saturated rings. The minimum atomic E-state index is -0.381. The molecule has 1 aromatic heterocycles. The Bertz CT molecular complexity index is 1550. The first-order chi connectivity index (χ1) is 16.1. The number of hydrogen-bond donors (Lipinski definition) is 0. The van der Waals surface area contributed by atoms with Gasteiger partial charge in [0.15, 0.2) is 0 Å². The van der Waals surface area contributed by atoms with Gasteiger partial charge in [0.2, 0.25) is 5.36 Å². The predicted octanol–water partition coefficient (Wildman–Crippen LogP) is 4.75. The zero-order valence-electron chi connectivity index (χ0n) is 18.8. The summed E-state index contributed by atoms with van der Waals surface area (Å²) in [6.45, 7) is 6.06. The molecule has 1 aliphatic carbocycles. The van der Waals surface area contributed by atoms with Crippen LogP contribution in [0.5, 0.6) is 0 Å². The average molecular weight is 439 g/mol. The van der Waals surface area contributed by atoms with Gasteiger partial charge in [0.1, 0.15) is 24.4 Å². The number of benzene rings is 3. The van der Waals surface area contributed by atoms with Gasteiger partial charge in [-0.15, -0.1) is 0 Å². The van der Waals surface area contributed by atoms with Crippen LogP contribution in [0.1, 0.15) is 24.2 Å². The molecule has 0 amide bonds. The van der Waals surface area contributed by atoms with Crippen LogP contribution in [0.4, 0.5) is 0 Å². The van der Waals surface area contributed by atoms with Crippen LogP contribution in [0, 0.1) is 0 Å². The number of carbonyl (C=O) groups is 1. The number of aromatic nitrogens is 2. The molecule has 0 saturated carbocycles. The molecular formula is C27H24N3O3+. The second kappa shape index (κ2) is 8.47. The topological polar surface area (TPSA) is 68.2 Å². The van der Waals surface area contributed by atoms with Crippen molar-refractivity contribution >= 4 is 28.0 Å². The molecular weight excluding hydrogens is 414 g/mol. The monoisotopic (exact) mass is 438 g/mol. The highest BCUT2D eigenvalue weighted by Gasteiger charge is 2.23. The second-order valence-electron chi connectivity index (χ2n) is 7.76. The minimum absolute atomic E-state index is 0.381. The van der Waals surface area contributed by atoms with E-state index in [1.165, 1.54) is 7.11 Å². The van der Waals surface area contributed by atoms with Crippen LogP contribution in [0.15, 0.2) is 71.4 Å². The molecule has 164 valence electrons. The SMILES string of the molecule is CC[N+](CC)=c1ccc2c(-c3ccccc3C(=O)OC)c3cc4nccnc4cc3oc-2c1. The van der Waals surface area contributed by atoms with Gasteiger partial charge < -0.3 is 9.15 Å². The van der Waals surface area contributed by atoms with Crippen LogP contribution in [-0.4, -0.2) is 36.1 Å². The highest BCUT2D eigenvalue weighted by molar-refractivity contribution is 6.10. The molecule has 6 heteroatoms. The quantitative estimate of drug-likeness (QED) is 0.230. The van der Waals surface area contributed by atoms with Gasteiger partial charge in [0.05, 0.1) is 29.8 Å². The molecule has 0 atom stereocenters. The highest BCUT2D eigenvalue weighted by Crippen LogP contribution is 2.42. The van der Waals surface area contributed by atoms with Gasteiger partial charge in [-0.1, -0.05) is 18.2 Å². The third-order valence-electron chi connectivity index (χ3n) is 6.02. The molecule has 0 saturated heterocycles. The second-order valence-corrected chi connectivity index (χ2v) is 7.76. The lowest BCUT2D eigenvalue weighted by molar-refractivity contribution is 0.0601. The number of carbonyl (C=O) groups excluding carboxylic acids is 1. The summed E-state index contributed by atoms with van der Waals surface area (Å²) in [6.07, 6.45) is 3.34. The Morgan fingerprint density at radius 3 is 2.39 bits per heavy atom. The van der Waals surface area contributed by atoms with Crippen LogP contribution < -0.4 is 9.93 Å². The first kappa shape index (κ1) is 20.8. The van der Waals surface area contributed by atoms with E-state index >= 15 is 0 Å². The van der Waals surface area contributed by atoms with Gasteiger partial charge >= 0.3 is 5.97 Å². The van der Waals surface area contributed by atoms with Crippen LogP contribution in [0.25, 0.3) is 44.5 Å². The highest BCUT2D eigenvalue weighted by atomic mass is 16.5. The maximum absolute atomic E-state index is 12.6. The van der Waals surface area contributed by atoms with E-state index in [0.29, 0.717) is 11.1 Å². The van der Waals surface area contributed by atoms with Crippen molar-refractivity contribution < 1.29 is 13.9 Å². The Balaban J connectivity index is 1.96. The zero-order valence-corrected chi connectivity index (χ0v) is 18.8. The van der Waals surface area contributed by atoms with Crippen molar-refractivity contribution in [2.24, 2.45) is 0 Å². The first-order valence-corrected chi connectivity index (χ1v) is 11.0. The number of rotatable bonds is 4. The molecule has 0 radical (unpaired) electrons. The van der Waals surface area contributed by atoms with Gasteiger partial charge in [0, 0.05) is 41.0 Å². The Hall–Kier alpha value is -4.06. The fraction of sp³-hybridized carbons (Fsp3) is 0.185. The van der Waals surface area contributed by atoms with E-state index in [2.05, 4.69) is 46.6 Å². The zero-order chi connectivity index (χ0) is 22.9.